The summed E-state index contributed by atoms with van der Waals surface area (Å²) in [5, 5.41) is 7.53. The van der Waals surface area contributed by atoms with Crippen LogP contribution in [0.5, 0.6) is 0 Å². The average molecular weight is 650 g/mol. The Hall–Kier alpha value is -6.84. The zero-order chi connectivity index (χ0) is 33.5. The summed E-state index contributed by atoms with van der Waals surface area (Å²) in [6.07, 6.45) is 0. The number of hydrogen-bond acceptors (Lipinski definition) is 0. The van der Waals surface area contributed by atoms with Gasteiger partial charge in [-0.1, -0.05) is 115 Å². The highest BCUT2D eigenvalue weighted by Gasteiger charge is 2.19. The molecule has 0 spiro atoms. The lowest BCUT2D eigenvalue weighted by molar-refractivity contribution is 1.17. The number of nitrogens with zero attached hydrogens (tertiary/aromatic N) is 3. The van der Waals surface area contributed by atoms with Gasteiger partial charge in [-0.25, -0.2) is 0 Å². The van der Waals surface area contributed by atoms with Crippen LogP contribution in [0.4, 0.5) is 0 Å². The fraction of sp³-hybridized carbons (Fsp3) is 0. The lowest BCUT2D eigenvalue weighted by atomic mass is 10.0. The van der Waals surface area contributed by atoms with E-state index in [1.54, 1.807) is 0 Å². The first kappa shape index (κ1) is 28.0. The number of benzene rings is 8. The summed E-state index contributed by atoms with van der Waals surface area (Å²) < 4.78 is 7.24. The van der Waals surface area contributed by atoms with E-state index in [9.17, 15) is 0 Å². The van der Waals surface area contributed by atoms with Crippen LogP contribution < -0.4 is 0 Å². The normalized spacial score (nSPS) is 11.9. The van der Waals surface area contributed by atoms with E-state index in [-0.39, 0.29) is 0 Å². The molecule has 3 heterocycles. The molecule has 0 N–H and O–H groups in total. The molecule has 11 aromatic rings. The molecular formula is C48H31N3. The van der Waals surface area contributed by atoms with Crippen LogP contribution in [0.15, 0.2) is 188 Å². The maximum atomic E-state index is 2.45. The first-order chi connectivity index (χ1) is 25.3. The Kier molecular flexibility index (Phi) is 5.96. The summed E-state index contributed by atoms with van der Waals surface area (Å²) >= 11 is 0. The summed E-state index contributed by atoms with van der Waals surface area (Å²) in [4.78, 5) is 0. The lowest BCUT2D eigenvalue weighted by Crippen LogP contribution is -1.98. The smallest absolute Gasteiger partial charge is 0.0542 e. The molecular weight excluding hydrogens is 619 g/mol. The first-order valence-electron chi connectivity index (χ1n) is 17.5. The molecule has 0 aliphatic heterocycles. The quantitative estimate of drug-likeness (QED) is 0.180. The van der Waals surface area contributed by atoms with Gasteiger partial charge in [0.05, 0.1) is 38.8 Å². The Morgan fingerprint density at radius 2 is 0.686 bits per heavy atom. The molecule has 0 aliphatic carbocycles. The highest BCUT2D eigenvalue weighted by Crippen LogP contribution is 2.40. The summed E-state index contributed by atoms with van der Waals surface area (Å²) in [7, 11) is 0. The molecule has 0 saturated carbocycles. The van der Waals surface area contributed by atoms with Gasteiger partial charge >= 0.3 is 0 Å². The standard InChI is InChI=1S/C48H31N3/c1-2-14-33(15-3-1)49-45-24-12-7-19-38(45)40-30-32(26-28-47(40)49)35-16-4-9-21-42(35)51-46-25-13-8-20-39(46)41-31-34(27-29-48(41)51)50-43-22-10-5-17-36(43)37-18-6-11-23-44(37)50/h1-31H. The summed E-state index contributed by atoms with van der Waals surface area (Å²) in [5.41, 5.74) is 13.1. The number of hydrogen-bond donors (Lipinski definition) is 0. The van der Waals surface area contributed by atoms with Gasteiger partial charge in [0.15, 0.2) is 0 Å². The van der Waals surface area contributed by atoms with E-state index < -0.39 is 0 Å². The number of rotatable bonds is 4. The van der Waals surface area contributed by atoms with E-state index >= 15 is 0 Å². The van der Waals surface area contributed by atoms with Crippen molar-refractivity contribution in [2.45, 2.75) is 0 Å². The van der Waals surface area contributed by atoms with E-state index in [0.29, 0.717) is 0 Å². The van der Waals surface area contributed by atoms with Crippen molar-refractivity contribution >= 4 is 65.4 Å². The van der Waals surface area contributed by atoms with Crippen molar-refractivity contribution in [3.63, 3.8) is 0 Å². The number of para-hydroxylation sites is 6. The molecule has 0 fully saturated rings. The lowest BCUT2D eigenvalue weighted by Gasteiger charge is -2.15. The molecule has 3 aromatic heterocycles. The van der Waals surface area contributed by atoms with Gasteiger partial charge in [0.1, 0.15) is 0 Å². The molecule has 51 heavy (non-hydrogen) atoms. The van der Waals surface area contributed by atoms with Crippen molar-refractivity contribution < 1.29 is 0 Å². The van der Waals surface area contributed by atoms with Crippen molar-refractivity contribution in [1.82, 2.24) is 13.7 Å². The Morgan fingerprint density at radius 1 is 0.255 bits per heavy atom. The average Bonchev–Trinajstić information content (AvgIpc) is 3.83. The van der Waals surface area contributed by atoms with Crippen LogP contribution in [-0.2, 0) is 0 Å². The van der Waals surface area contributed by atoms with Crippen LogP contribution in [-0.4, -0.2) is 13.7 Å². The van der Waals surface area contributed by atoms with Crippen molar-refractivity contribution in [2.24, 2.45) is 0 Å². The monoisotopic (exact) mass is 649 g/mol. The van der Waals surface area contributed by atoms with Crippen LogP contribution in [0.1, 0.15) is 0 Å². The number of aromatic nitrogens is 3. The fourth-order valence-corrected chi connectivity index (χ4v) is 8.47. The minimum absolute atomic E-state index is 1.16. The number of fused-ring (bicyclic) bond motifs is 9. The molecule has 238 valence electrons. The summed E-state index contributed by atoms with van der Waals surface area (Å²) in [6.45, 7) is 0. The van der Waals surface area contributed by atoms with Crippen LogP contribution in [0, 0.1) is 0 Å². The maximum absolute atomic E-state index is 2.45. The van der Waals surface area contributed by atoms with Gasteiger partial charge in [0.25, 0.3) is 0 Å². The van der Waals surface area contributed by atoms with Gasteiger partial charge < -0.3 is 13.7 Å². The predicted octanol–water partition coefficient (Wildman–Crippen LogP) is 12.6. The second-order valence-corrected chi connectivity index (χ2v) is 13.4. The highest BCUT2D eigenvalue weighted by molar-refractivity contribution is 6.13. The molecule has 0 bridgehead atoms. The van der Waals surface area contributed by atoms with Gasteiger partial charge in [-0.15, -0.1) is 0 Å². The zero-order valence-corrected chi connectivity index (χ0v) is 27.7. The highest BCUT2D eigenvalue weighted by atomic mass is 15.0. The van der Waals surface area contributed by atoms with Gasteiger partial charge in [-0.3, -0.25) is 0 Å². The van der Waals surface area contributed by atoms with E-state index in [4.69, 9.17) is 0 Å². The van der Waals surface area contributed by atoms with Crippen LogP contribution >= 0.6 is 0 Å². The molecule has 3 heteroatoms. The molecule has 3 nitrogen and oxygen atoms in total. The second kappa shape index (κ2) is 10.8. The van der Waals surface area contributed by atoms with Crippen LogP contribution in [0.25, 0.3) is 93.6 Å². The minimum atomic E-state index is 1.16. The SMILES string of the molecule is c1ccc(-n2c3ccccc3c3cc(-c4ccccc4-n4c5ccccc5c5cc(-n6c7ccccc7c7ccccc76)ccc54)ccc32)cc1. The molecule has 0 saturated heterocycles. The van der Waals surface area contributed by atoms with Crippen molar-refractivity contribution in [3.8, 4) is 28.2 Å². The zero-order valence-electron chi connectivity index (χ0n) is 27.7. The molecule has 0 atom stereocenters. The minimum Gasteiger partial charge on any atom is -0.309 e. The van der Waals surface area contributed by atoms with Gasteiger partial charge in [0, 0.05) is 49.3 Å². The molecule has 0 amide bonds. The van der Waals surface area contributed by atoms with Crippen molar-refractivity contribution in [2.75, 3.05) is 0 Å². The maximum Gasteiger partial charge on any atom is 0.0542 e. The van der Waals surface area contributed by atoms with E-state index in [1.165, 1.54) is 87.9 Å². The van der Waals surface area contributed by atoms with Gasteiger partial charge in [0.2, 0.25) is 0 Å². The molecule has 0 unspecified atom stereocenters. The van der Waals surface area contributed by atoms with Crippen molar-refractivity contribution in [1.29, 1.82) is 0 Å². The Morgan fingerprint density at radius 3 is 1.33 bits per heavy atom. The Labute approximate surface area is 294 Å². The largest absolute Gasteiger partial charge is 0.309 e. The van der Waals surface area contributed by atoms with Gasteiger partial charge in [-0.05, 0) is 78.4 Å². The summed E-state index contributed by atoms with van der Waals surface area (Å²) in [5.74, 6) is 0. The van der Waals surface area contributed by atoms with Crippen molar-refractivity contribution in [3.05, 3.63) is 188 Å². The van der Waals surface area contributed by atoms with Crippen LogP contribution in [0.3, 0.4) is 0 Å². The molecule has 0 aliphatic rings. The third-order valence-electron chi connectivity index (χ3n) is 10.6. The fourth-order valence-electron chi connectivity index (χ4n) is 8.47. The third kappa shape index (κ3) is 4.06. The Bertz CT molecular complexity index is 3080. The molecule has 8 aromatic carbocycles. The van der Waals surface area contributed by atoms with E-state index in [2.05, 4.69) is 202 Å². The third-order valence-corrected chi connectivity index (χ3v) is 10.6. The topological polar surface area (TPSA) is 14.8 Å². The molecule has 0 radical (unpaired) electrons. The first-order valence-corrected chi connectivity index (χ1v) is 17.5. The predicted molar refractivity (Wildman–Crippen MR) is 215 cm³/mol. The Balaban J connectivity index is 1.14. The van der Waals surface area contributed by atoms with Gasteiger partial charge in [-0.2, -0.15) is 0 Å². The van der Waals surface area contributed by atoms with E-state index in [0.717, 1.165) is 5.69 Å². The molecule has 11 rings (SSSR count). The van der Waals surface area contributed by atoms with E-state index in [1.807, 2.05) is 0 Å². The second-order valence-electron chi connectivity index (χ2n) is 13.4. The van der Waals surface area contributed by atoms with Crippen LogP contribution in [0.2, 0.25) is 0 Å². The summed E-state index contributed by atoms with van der Waals surface area (Å²) in [6, 6.07) is 68.4.